The number of hydrazone groups is 1. The van der Waals surface area contributed by atoms with Crippen molar-refractivity contribution in [1.82, 2.24) is 24.5 Å². The summed E-state index contributed by atoms with van der Waals surface area (Å²) in [4.78, 5) is 21.1. The number of methoxy groups -OCH3 is 1. The van der Waals surface area contributed by atoms with Crippen LogP contribution in [0.1, 0.15) is 19.4 Å². The zero-order valence-corrected chi connectivity index (χ0v) is 18.1. The van der Waals surface area contributed by atoms with Crippen molar-refractivity contribution in [2.75, 3.05) is 12.8 Å². The molecule has 0 spiro atoms. The number of ether oxygens (including phenoxy) is 1. The molecule has 1 unspecified atom stereocenters. The van der Waals surface area contributed by atoms with Crippen molar-refractivity contribution >= 4 is 34.5 Å². The summed E-state index contributed by atoms with van der Waals surface area (Å²) in [5, 5.41) is 4.54. The van der Waals surface area contributed by atoms with E-state index in [1.807, 2.05) is 17.7 Å². The lowest BCUT2D eigenvalue weighted by Gasteiger charge is -2.17. The van der Waals surface area contributed by atoms with Crippen molar-refractivity contribution in [3.8, 4) is 17.0 Å². The summed E-state index contributed by atoms with van der Waals surface area (Å²) in [5.74, 6) is 5.95. The molecule has 33 heavy (non-hydrogen) atoms. The van der Waals surface area contributed by atoms with Gasteiger partial charge in [-0.2, -0.15) is 5.10 Å². The Morgan fingerprint density at radius 3 is 2.76 bits per heavy atom. The summed E-state index contributed by atoms with van der Waals surface area (Å²) >= 11 is 0. The summed E-state index contributed by atoms with van der Waals surface area (Å²) in [7, 11) is 1.53. The third-order valence-electron chi connectivity index (χ3n) is 5.20. The predicted molar refractivity (Wildman–Crippen MR) is 125 cm³/mol. The van der Waals surface area contributed by atoms with Crippen LogP contribution in [0.4, 0.5) is 15.9 Å². The van der Waals surface area contributed by atoms with E-state index in [1.165, 1.54) is 32.0 Å². The van der Waals surface area contributed by atoms with Crippen LogP contribution in [0.5, 0.6) is 5.88 Å². The standard InChI is InChI=1S/C22H22FN9O/c1-3-18(17(31-25)9-27-16-7-5-4-6-15(16)23)32-10-14(13-8-26-11-30-22(13)33-2)19-20(24)28-12-29-21(19)32/h4-12,18H,3,25H2,1-2H3,(H2,24,28,29). The fourth-order valence-corrected chi connectivity index (χ4v) is 3.66. The Hall–Kier alpha value is -4.41. The number of anilines is 1. The van der Waals surface area contributed by atoms with Gasteiger partial charge in [-0.25, -0.2) is 24.3 Å². The third kappa shape index (κ3) is 4.07. The van der Waals surface area contributed by atoms with Gasteiger partial charge in [0, 0.05) is 18.0 Å². The van der Waals surface area contributed by atoms with E-state index in [4.69, 9.17) is 16.3 Å². The molecule has 11 heteroatoms. The lowest BCUT2D eigenvalue weighted by atomic mass is 10.1. The van der Waals surface area contributed by atoms with E-state index in [9.17, 15) is 4.39 Å². The second-order valence-electron chi connectivity index (χ2n) is 7.04. The van der Waals surface area contributed by atoms with Crippen LogP contribution in [0.25, 0.3) is 22.2 Å². The molecule has 10 nitrogen and oxygen atoms in total. The number of nitrogen functional groups attached to an aromatic ring is 1. The lowest BCUT2D eigenvalue weighted by Crippen LogP contribution is -2.21. The van der Waals surface area contributed by atoms with Gasteiger partial charge in [-0.1, -0.05) is 19.1 Å². The largest absolute Gasteiger partial charge is 0.480 e. The first-order chi connectivity index (χ1) is 16.1. The Morgan fingerprint density at radius 1 is 1.21 bits per heavy atom. The van der Waals surface area contributed by atoms with Gasteiger partial charge in [0.2, 0.25) is 5.88 Å². The van der Waals surface area contributed by atoms with Gasteiger partial charge in [-0.05, 0) is 18.6 Å². The lowest BCUT2D eigenvalue weighted by molar-refractivity contribution is 0.398. The van der Waals surface area contributed by atoms with Crippen molar-refractivity contribution in [3.05, 3.63) is 55.1 Å². The number of nitrogens with zero attached hydrogens (tertiary/aromatic N) is 7. The van der Waals surface area contributed by atoms with E-state index < -0.39 is 5.82 Å². The van der Waals surface area contributed by atoms with Crippen LogP contribution in [-0.4, -0.2) is 43.5 Å². The normalized spacial score (nSPS) is 13.0. The van der Waals surface area contributed by atoms with Crippen LogP contribution >= 0.6 is 0 Å². The summed E-state index contributed by atoms with van der Waals surface area (Å²) < 4.78 is 21.3. The van der Waals surface area contributed by atoms with Crippen molar-refractivity contribution in [2.24, 2.45) is 15.9 Å². The maximum Gasteiger partial charge on any atom is 0.224 e. The van der Waals surface area contributed by atoms with Gasteiger partial charge in [0.05, 0.1) is 36.0 Å². The highest BCUT2D eigenvalue weighted by atomic mass is 19.1. The van der Waals surface area contributed by atoms with E-state index in [-0.39, 0.29) is 11.7 Å². The summed E-state index contributed by atoms with van der Waals surface area (Å²) in [6.07, 6.45) is 8.32. The van der Waals surface area contributed by atoms with Crippen LogP contribution in [0.3, 0.4) is 0 Å². The minimum Gasteiger partial charge on any atom is -0.480 e. The van der Waals surface area contributed by atoms with Gasteiger partial charge < -0.3 is 20.9 Å². The Labute approximate surface area is 188 Å². The number of halogens is 1. The molecule has 168 valence electrons. The number of nitrogens with two attached hydrogens (primary N) is 2. The predicted octanol–water partition coefficient (Wildman–Crippen LogP) is 3.29. The van der Waals surface area contributed by atoms with E-state index >= 15 is 0 Å². The first-order valence-corrected chi connectivity index (χ1v) is 10.1. The van der Waals surface area contributed by atoms with Crippen molar-refractivity contribution in [2.45, 2.75) is 19.4 Å². The number of benzene rings is 1. The van der Waals surface area contributed by atoms with Crippen LogP contribution < -0.4 is 16.3 Å². The van der Waals surface area contributed by atoms with E-state index in [2.05, 4.69) is 30.0 Å². The zero-order chi connectivity index (χ0) is 23.4. The van der Waals surface area contributed by atoms with Crippen molar-refractivity contribution in [1.29, 1.82) is 0 Å². The number of hydrogen-bond donors (Lipinski definition) is 2. The maximum absolute atomic E-state index is 14.0. The van der Waals surface area contributed by atoms with Gasteiger partial charge in [0.1, 0.15) is 35.6 Å². The molecule has 4 aromatic rings. The number of fused-ring (bicyclic) bond motifs is 1. The topological polar surface area (TPSA) is 142 Å². The molecule has 0 saturated carbocycles. The Morgan fingerprint density at radius 2 is 2.03 bits per heavy atom. The smallest absolute Gasteiger partial charge is 0.224 e. The maximum atomic E-state index is 14.0. The molecule has 0 aliphatic rings. The van der Waals surface area contributed by atoms with E-state index in [0.717, 1.165) is 0 Å². The molecule has 3 heterocycles. The van der Waals surface area contributed by atoms with Crippen LogP contribution in [0.15, 0.2) is 59.4 Å². The average molecular weight is 447 g/mol. The number of rotatable bonds is 7. The van der Waals surface area contributed by atoms with E-state index in [0.29, 0.717) is 46.0 Å². The molecule has 0 radical (unpaired) electrons. The molecule has 0 saturated heterocycles. The number of para-hydroxylation sites is 1. The van der Waals surface area contributed by atoms with Crippen LogP contribution in [0.2, 0.25) is 0 Å². The van der Waals surface area contributed by atoms with Gasteiger partial charge in [0.15, 0.2) is 0 Å². The molecular formula is C22H22FN9O. The van der Waals surface area contributed by atoms with Crippen LogP contribution in [0, 0.1) is 5.82 Å². The van der Waals surface area contributed by atoms with Gasteiger partial charge in [-0.3, -0.25) is 4.99 Å². The van der Waals surface area contributed by atoms with Crippen molar-refractivity contribution < 1.29 is 9.13 Å². The molecular weight excluding hydrogens is 425 g/mol. The molecule has 3 aromatic heterocycles. The zero-order valence-electron chi connectivity index (χ0n) is 18.1. The first kappa shape index (κ1) is 21.8. The minimum atomic E-state index is -0.441. The van der Waals surface area contributed by atoms with Gasteiger partial charge >= 0.3 is 0 Å². The molecule has 1 atom stereocenters. The van der Waals surface area contributed by atoms with Gasteiger partial charge in [-0.15, -0.1) is 0 Å². The second kappa shape index (κ2) is 9.39. The monoisotopic (exact) mass is 447 g/mol. The van der Waals surface area contributed by atoms with Crippen LogP contribution in [-0.2, 0) is 0 Å². The number of aromatic nitrogens is 5. The molecule has 0 aliphatic carbocycles. The van der Waals surface area contributed by atoms with Gasteiger partial charge in [0.25, 0.3) is 0 Å². The fraction of sp³-hybridized carbons (Fsp3) is 0.182. The summed E-state index contributed by atoms with van der Waals surface area (Å²) in [5.41, 5.74) is 8.74. The Kier molecular flexibility index (Phi) is 6.20. The average Bonchev–Trinajstić information content (AvgIpc) is 3.23. The molecule has 4 N–H and O–H groups in total. The third-order valence-corrected chi connectivity index (χ3v) is 5.20. The van der Waals surface area contributed by atoms with E-state index in [1.54, 1.807) is 24.4 Å². The Bertz CT molecular complexity index is 1350. The fourth-order valence-electron chi connectivity index (χ4n) is 3.66. The molecule has 4 rings (SSSR count). The molecule has 0 amide bonds. The highest BCUT2D eigenvalue weighted by Gasteiger charge is 2.24. The highest BCUT2D eigenvalue weighted by molar-refractivity contribution is 6.32. The highest BCUT2D eigenvalue weighted by Crippen LogP contribution is 2.38. The molecule has 0 aliphatic heterocycles. The number of hydrogen-bond acceptors (Lipinski definition) is 9. The van der Waals surface area contributed by atoms with Crippen molar-refractivity contribution in [3.63, 3.8) is 0 Å². The molecule has 0 bridgehead atoms. The Balaban J connectivity index is 1.86. The molecule has 1 aromatic carbocycles. The summed E-state index contributed by atoms with van der Waals surface area (Å²) in [6, 6.07) is 5.84. The quantitative estimate of drug-likeness (QED) is 0.251. The second-order valence-corrected chi connectivity index (χ2v) is 7.04. The number of aliphatic imine (C=N–C) groups is 1. The first-order valence-electron chi connectivity index (χ1n) is 10.1. The summed E-state index contributed by atoms with van der Waals surface area (Å²) in [6.45, 7) is 1.97. The molecule has 0 fully saturated rings. The SMILES string of the molecule is CCC(C(C=Nc1ccccc1F)=NN)n1cc(-c2cncnc2OC)c2c(N)ncnc21. The minimum absolute atomic E-state index is 0.185.